The summed E-state index contributed by atoms with van der Waals surface area (Å²) in [4.78, 5) is 46.7. The number of carbonyl (C=O) groups excluding carboxylic acids is 2. The second-order valence-corrected chi connectivity index (χ2v) is 8.00. The zero-order chi connectivity index (χ0) is 28.0. The summed E-state index contributed by atoms with van der Waals surface area (Å²) in [6.07, 6.45) is -4.85. The lowest BCUT2D eigenvalue weighted by molar-refractivity contribution is -0.193. The lowest BCUT2D eigenvalue weighted by Crippen LogP contribution is -2.73. The Bertz CT molecular complexity index is 1150. The average Bonchev–Trinajstić information content (AvgIpc) is 2.84. The summed E-state index contributed by atoms with van der Waals surface area (Å²) in [5.74, 6) is -3.71. The molecule has 0 aliphatic carbocycles. The summed E-state index contributed by atoms with van der Waals surface area (Å²) >= 11 is 0. The molecular formula is C24H26F3N3O7. The predicted molar refractivity (Wildman–Crippen MR) is 124 cm³/mol. The molecule has 1 heterocycles. The number of ether oxygens (including phenoxy) is 1. The van der Waals surface area contributed by atoms with Crippen LogP contribution >= 0.6 is 0 Å². The Morgan fingerprint density at radius 3 is 2.05 bits per heavy atom. The van der Waals surface area contributed by atoms with Crippen LogP contribution < -0.4 is 15.8 Å². The minimum Gasteiger partial charge on any atom is -0.478 e. The highest BCUT2D eigenvalue weighted by Gasteiger charge is 2.62. The van der Waals surface area contributed by atoms with Gasteiger partial charge in [-0.15, -0.1) is 0 Å². The summed E-state index contributed by atoms with van der Waals surface area (Å²) in [6.45, 7) is 3.94. The van der Waals surface area contributed by atoms with E-state index in [1.807, 2.05) is 19.9 Å². The van der Waals surface area contributed by atoms with Gasteiger partial charge in [0.2, 0.25) is 5.91 Å². The molecule has 10 nitrogen and oxygen atoms in total. The van der Waals surface area contributed by atoms with Crippen LogP contribution in [-0.2, 0) is 16.1 Å². The molecule has 3 amide bonds. The van der Waals surface area contributed by atoms with Crippen molar-refractivity contribution in [2.45, 2.75) is 45.6 Å². The number of nitrogen functional groups attached to an aromatic ring is 1. The monoisotopic (exact) mass is 525 g/mol. The number of hydrogen-bond donors (Lipinski definition) is 4. The number of para-hydroxylation sites is 1. The van der Waals surface area contributed by atoms with Crippen molar-refractivity contribution >= 4 is 29.6 Å². The van der Waals surface area contributed by atoms with E-state index in [1.54, 1.807) is 18.2 Å². The molecule has 1 unspecified atom stereocenters. The number of halogens is 3. The SMILES string of the molecule is CCC1(CC)C(=O)N(C(=O)NCc2ccccc2N)C1Oc1ccc(C(=O)O)cc1.O=C(O)C(F)(F)F. The standard InChI is InChI=1S/C22H25N3O5.C2HF3O2/c1-3-22(4-2)19(28)25(21(29)24-13-15-7-5-6-8-17(15)23)20(22)30-16-11-9-14(10-12-16)18(26)27;3-2(4,5)1(6)7/h5-12,20H,3-4,13,23H2,1-2H3,(H,24,29)(H,26,27);(H,6,7). The molecule has 5 N–H and O–H groups in total. The number of likely N-dealkylation sites (tertiary alicyclic amines) is 1. The number of rotatable bonds is 7. The number of nitrogens with zero attached hydrogens (tertiary/aromatic N) is 1. The summed E-state index contributed by atoms with van der Waals surface area (Å²) < 4.78 is 37.7. The third-order valence-corrected chi connectivity index (χ3v) is 5.91. The van der Waals surface area contributed by atoms with E-state index in [0.29, 0.717) is 24.3 Å². The number of β-lactam (4-membered cyclic amide) rings is 1. The molecule has 0 radical (unpaired) electrons. The zero-order valence-corrected chi connectivity index (χ0v) is 19.9. The van der Waals surface area contributed by atoms with Crippen molar-refractivity contribution in [2.24, 2.45) is 5.41 Å². The molecule has 1 atom stereocenters. The van der Waals surface area contributed by atoms with Gasteiger partial charge in [-0.1, -0.05) is 32.0 Å². The van der Waals surface area contributed by atoms with Crippen molar-refractivity contribution in [3.8, 4) is 5.75 Å². The van der Waals surface area contributed by atoms with Crippen LogP contribution in [0.25, 0.3) is 0 Å². The fourth-order valence-corrected chi connectivity index (χ4v) is 3.66. The van der Waals surface area contributed by atoms with Crippen LogP contribution in [0.2, 0.25) is 0 Å². The molecule has 200 valence electrons. The summed E-state index contributed by atoms with van der Waals surface area (Å²) in [6, 6.07) is 12.5. The molecule has 0 saturated carbocycles. The van der Waals surface area contributed by atoms with Gasteiger partial charge >= 0.3 is 24.1 Å². The average molecular weight is 525 g/mol. The molecular weight excluding hydrogens is 499 g/mol. The highest BCUT2D eigenvalue weighted by Crippen LogP contribution is 2.46. The van der Waals surface area contributed by atoms with Crippen LogP contribution in [0.15, 0.2) is 48.5 Å². The fourth-order valence-electron chi connectivity index (χ4n) is 3.66. The van der Waals surface area contributed by atoms with E-state index in [4.69, 9.17) is 25.5 Å². The molecule has 3 rings (SSSR count). The molecule has 2 aromatic rings. The van der Waals surface area contributed by atoms with Crippen LogP contribution in [0.5, 0.6) is 5.75 Å². The number of nitrogens with two attached hydrogens (primary N) is 1. The molecule has 0 bridgehead atoms. The van der Waals surface area contributed by atoms with Gasteiger partial charge in [0.05, 0.1) is 5.56 Å². The number of urea groups is 1. The molecule has 1 saturated heterocycles. The van der Waals surface area contributed by atoms with E-state index in [0.717, 1.165) is 10.5 Å². The van der Waals surface area contributed by atoms with Crippen LogP contribution in [-0.4, -0.2) is 51.4 Å². The molecule has 0 aromatic heterocycles. The number of aromatic carboxylic acids is 1. The van der Waals surface area contributed by atoms with Gasteiger partial charge in [0.15, 0.2) is 6.23 Å². The first-order chi connectivity index (χ1) is 17.3. The number of carboxylic acid groups (broad SMARTS) is 2. The maximum Gasteiger partial charge on any atom is 0.490 e. The number of imide groups is 1. The number of amides is 3. The van der Waals surface area contributed by atoms with Gasteiger partial charge < -0.3 is 26.0 Å². The maximum atomic E-state index is 12.9. The summed E-state index contributed by atoms with van der Waals surface area (Å²) in [5.41, 5.74) is 6.52. The van der Waals surface area contributed by atoms with Gasteiger partial charge in [-0.3, -0.25) is 4.79 Å². The van der Waals surface area contributed by atoms with E-state index < -0.39 is 35.8 Å². The molecule has 1 aliphatic heterocycles. The Hall–Kier alpha value is -4.29. The lowest BCUT2D eigenvalue weighted by atomic mass is 9.72. The normalized spacial score (nSPS) is 16.1. The van der Waals surface area contributed by atoms with Gasteiger partial charge in [-0.2, -0.15) is 13.2 Å². The highest BCUT2D eigenvalue weighted by molar-refractivity contribution is 6.03. The predicted octanol–water partition coefficient (Wildman–Crippen LogP) is 3.86. The quantitative estimate of drug-likeness (QED) is 0.313. The third-order valence-electron chi connectivity index (χ3n) is 5.91. The molecule has 1 aliphatic rings. The van der Waals surface area contributed by atoms with Crippen LogP contribution in [0, 0.1) is 5.41 Å². The third kappa shape index (κ3) is 6.48. The molecule has 1 fully saturated rings. The summed E-state index contributed by atoms with van der Waals surface area (Å²) in [5, 5.41) is 18.9. The Morgan fingerprint density at radius 1 is 1.05 bits per heavy atom. The van der Waals surface area contributed by atoms with Crippen LogP contribution in [0.3, 0.4) is 0 Å². The van der Waals surface area contributed by atoms with Crippen molar-refractivity contribution in [3.63, 3.8) is 0 Å². The Labute approximate surface area is 209 Å². The van der Waals surface area contributed by atoms with Gasteiger partial charge in [-0.25, -0.2) is 19.3 Å². The van der Waals surface area contributed by atoms with Crippen molar-refractivity contribution in [2.75, 3.05) is 5.73 Å². The van der Waals surface area contributed by atoms with E-state index >= 15 is 0 Å². The number of nitrogens with one attached hydrogen (secondary N) is 1. The molecule has 2 aromatic carbocycles. The van der Waals surface area contributed by atoms with Crippen molar-refractivity contribution in [3.05, 3.63) is 59.7 Å². The number of anilines is 1. The Morgan fingerprint density at radius 2 is 1.59 bits per heavy atom. The fraction of sp³-hybridized carbons (Fsp3) is 0.333. The van der Waals surface area contributed by atoms with E-state index in [-0.39, 0.29) is 18.0 Å². The smallest absolute Gasteiger partial charge is 0.478 e. The summed E-state index contributed by atoms with van der Waals surface area (Å²) in [7, 11) is 0. The van der Waals surface area contributed by atoms with Crippen molar-refractivity contribution in [1.29, 1.82) is 0 Å². The Kier molecular flexibility index (Phi) is 9.10. The van der Waals surface area contributed by atoms with E-state index in [1.165, 1.54) is 24.3 Å². The largest absolute Gasteiger partial charge is 0.490 e. The first-order valence-electron chi connectivity index (χ1n) is 11.0. The number of hydrogen-bond acceptors (Lipinski definition) is 6. The van der Waals surface area contributed by atoms with Gasteiger partial charge in [-0.05, 0) is 48.7 Å². The number of aliphatic carboxylic acids is 1. The first-order valence-corrected chi connectivity index (χ1v) is 11.0. The minimum atomic E-state index is -5.08. The first kappa shape index (κ1) is 28.9. The number of carbonyl (C=O) groups is 4. The number of benzene rings is 2. The molecule has 13 heteroatoms. The Balaban J connectivity index is 0.000000604. The van der Waals surface area contributed by atoms with Crippen LogP contribution in [0.4, 0.5) is 23.7 Å². The molecule has 0 spiro atoms. The van der Waals surface area contributed by atoms with Gasteiger partial charge in [0, 0.05) is 12.2 Å². The maximum absolute atomic E-state index is 12.9. The number of carboxylic acids is 2. The lowest BCUT2D eigenvalue weighted by Gasteiger charge is -2.53. The second kappa shape index (κ2) is 11.6. The van der Waals surface area contributed by atoms with E-state index in [9.17, 15) is 27.6 Å². The minimum absolute atomic E-state index is 0.124. The second-order valence-electron chi connectivity index (χ2n) is 8.00. The van der Waals surface area contributed by atoms with Gasteiger partial charge in [0.25, 0.3) is 0 Å². The van der Waals surface area contributed by atoms with E-state index in [2.05, 4.69) is 5.32 Å². The number of alkyl halides is 3. The van der Waals surface area contributed by atoms with Gasteiger partial charge in [0.1, 0.15) is 11.2 Å². The van der Waals surface area contributed by atoms with Crippen LogP contribution in [0.1, 0.15) is 42.6 Å². The van der Waals surface area contributed by atoms with Crippen molar-refractivity contribution < 1.29 is 47.3 Å². The molecule has 37 heavy (non-hydrogen) atoms. The highest BCUT2D eigenvalue weighted by atomic mass is 19.4. The topological polar surface area (TPSA) is 159 Å². The van der Waals surface area contributed by atoms with Crippen molar-refractivity contribution in [1.82, 2.24) is 10.2 Å². The zero-order valence-electron chi connectivity index (χ0n) is 19.9.